The van der Waals surface area contributed by atoms with E-state index in [4.69, 9.17) is 11.5 Å². The molecule has 0 rings (SSSR count). The maximum atomic E-state index is 6.05. The standard InChI is InChI=1S/C9H20N4/c1-6-8(10,12-4)9(11,13-5)7(2)3/h7H,4-6,10-11H2,1-3H3. The fraction of sp³-hybridized carbons (Fsp3) is 0.778. The van der Waals surface area contributed by atoms with Crippen molar-refractivity contribution in [3.63, 3.8) is 0 Å². The third kappa shape index (κ3) is 1.78. The van der Waals surface area contributed by atoms with Crippen LogP contribution in [0, 0.1) is 5.92 Å². The highest BCUT2D eigenvalue weighted by atomic mass is 15.2. The zero-order valence-electron chi connectivity index (χ0n) is 8.75. The zero-order chi connectivity index (χ0) is 10.7. The zero-order valence-corrected chi connectivity index (χ0v) is 8.75. The molecule has 0 aliphatic carbocycles. The highest BCUT2D eigenvalue weighted by Crippen LogP contribution is 2.30. The minimum Gasteiger partial charge on any atom is -0.304 e. The third-order valence-electron chi connectivity index (χ3n) is 2.66. The Balaban J connectivity index is 5.14. The average molecular weight is 184 g/mol. The minimum absolute atomic E-state index is 0.0699. The van der Waals surface area contributed by atoms with Crippen LogP contribution in [-0.4, -0.2) is 24.8 Å². The lowest BCUT2D eigenvalue weighted by Gasteiger charge is -2.42. The summed E-state index contributed by atoms with van der Waals surface area (Å²) in [6, 6.07) is 0. The van der Waals surface area contributed by atoms with Crippen molar-refractivity contribution >= 4 is 13.4 Å². The largest absolute Gasteiger partial charge is 0.304 e. The van der Waals surface area contributed by atoms with E-state index in [1.54, 1.807) is 0 Å². The molecular formula is C9H20N4. The molecule has 0 bridgehead atoms. The van der Waals surface area contributed by atoms with Gasteiger partial charge < -0.3 is 11.5 Å². The van der Waals surface area contributed by atoms with Crippen LogP contribution in [0.2, 0.25) is 0 Å². The van der Waals surface area contributed by atoms with Gasteiger partial charge in [0.2, 0.25) is 0 Å². The second kappa shape index (κ2) is 3.98. The first-order valence-electron chi connectivity index (χ1n) is 4.41. The van der Waals surface area contributed by atoms with Crippen LogP contribution in [0.4, 0.5) is 0 Å². The van der Waals surface area contributed by atoms with Crippen LogP contribution in [0.1, 0.15) is 27.2 Å². The smallest absolute Gasteiger partial charge is 0.148 e. The number of hydrogen-bond donors (Lipinski definition) is 2. The van der Waals surface area contributed by atoms with Gasteiger partial charge in [-0.15, -0.1) is 0 Å². The van der Waals surface area contributed by atoms with Gasteiger partial charge >= 0.3 is 0 Å². The van der Waals surface area contributed by atoms with Gasteiger partial charge in [0, 0.05) is 0 Å². The first-order chi connectivity index (χ1) is 5.88. The molecule has 2 unspecified atom stereocenters. The summed E-state index contributed by atoms with van der Waals surface area (Å²) >= 11 is 0. The summed E-state index contributed by atoms with van der Waals surface area (Å²) in [5, 5.41) is 0. The molecule has 0 fully saturated rings. The van der Waals surface area contributed by atoms with Crippen molar-refractivity contribution in [2.45, 2.75) is 38.5 Å². The molecule has 0 aliphatic heterocycles. The Kier molecular flexibility index (Phi) is 3.75. The number of hydrogen-bond acceptors (Lipinski definition) is 4. The Morgan fingerprint density at radius 3 is 1.77 bits per heavy atom. The van der Waals surface area contributed by atoms with Crippen LogP contribution < -0.4 is 11.5 Å². The normalized spacial score (nSPS) is 20.5. The lowest BCUT2D eigenvalue weighted by atomic mass is 9.83. The highest BCUT2D eigenvalue weighted by molar-refractivity contribution is 5.31. The van der Waals surface area contributed by atoms with E-state index in [1.165, 1.54) is 0 Å². The van der Waals surface area contributed by atoms with Gasteiger partial charge in [-0.05, 0) is 25.8 Å². The summed E-state index contributed by atoms with van der Waals surface area (Å²) in [4.78, 5) is 7.77. The van der Waals surface area contributed by atoms with Gasteiger partial charge in [0.1, 0.15) is 11.3 Å². The second-order valence-electron chi connectivity index (χ2n) is 3.57. The molecule has 2 atom stereocenters. The van der Waals surface area contributed by atoms with Crippen LogP contribution in [0.5, 0.6) is 0 Å². The Labute approximate surface area is 80.1 Å². The Hall–Kier alpha value is -0.740. The number of aliphatic imine (C=N–C) groups is 2. The molecular weight excluding hydrogens is 164 g/mol. The summed E-state index contributed by atoms with van der Waals surface area (Å²) in [5.41, 5.74) is 10.2. The molecule has 4 heteroatoms. The quantitative estimate of drug-likeness (QED) is 0.619. The lowest BCUT2D eigenvalue weighted by molar-refractivity contribution is 0.170. The Bertz CT molecular complexity index is 202. The average Bonchev–Trinajstić information content (AvgIpc) is 2.14. The van der Waals surface area contributed by atoms with E-state index in [0.29, 0.717) is 6.42 Å². The van der Waals surface area contributed by atoms with E-state index in [0.717, 1.165) is 0 Å². The third-order valence-corrected chi connectivity index (χ3v) is 2.66. The van der Waals surface area contributed by atoms with Gasteiger partial charge in [0.15, 0.2) is 0 Å². The van der Waals surface area contributed by atoms with Crippen molar-refractivity contribution in [1.29, 1.82) is 0 Å². The van der Waals surface area contributed by atoms with E-state index in [2.05, 4.69) is 23.4 Å². The monoisotopic (exact) mass is 184 g/mol. The minimum atomic E-state index is -0.941. The molecule has 0 heterocycles. The topological polar surface area (TPSA) is 76.8 Å². The molecule has 0 saturated carbocycles. The summed E-state index contributed by atoms with van der Waals surface area (Å²) in [6.45, 7) is 12.7. The van der Waals surface area contributed by atoms with E-state index < -0.39 is 11.3 Å². The first kappa shape index (κ1) is 12.3. The van der Waals surface area contributed by atoms with Crippen LogP contribution >= 0.6 is 0 Å². The van der Waals surface area contributed by atoms with Crippen molar-refractivity contribution < 1.29 is 0 Å². The SMILES string of the molecule is C=NC(N)(CC)C(N)(N=C)C(C)C. The molecule has 0 saturated heterocycles. The van der Waals surface area contributed by atoms with Crippen molar-refractivity contribution in [2.24, 2.45) is 27.4 Å². The van der Waals surface area contributed by atoms with Crippen molar-refractivity contribution in [2.75, 3.05) is 0 Å². The van der Waals surface area contributed by atoms with Crippen LogP contribution in [-0.2, 0) is 0 Å². The van der Waals surface area contributed by atoms with Crippen molar-refractivity contribution in [3.8, 4) is 0 Å². The number of nitrogens with two attached hydrogens (primary N) is 2. The fourth-order valence-corrected chi connectivity index (χ4v) is 1.34. The first-order valence-corrected chi connectivity index (χ1v) is 4.41. The molecule has 0 aliphatic rings. The van der Waals surface area contributed by atoms with E-state index >= 15 is 0 Å². The Morgan fingerprint density at radius 1 is 1.23 bits per heavy atom. The Morgan fingerprint density at radius 2 is 1.69 bits per heavy atom. The van der Waals surface area contributed by atoms with Gasteiger partial charge in [0.25, 0.3) is 0 Å². The van der Waals surface area contributed by atoms with Gasteiger partial charge in [-0.1, -0.05) is 20.8 Å². The molecule has 0 amide bonds. The number of nitrogens with zero attached hydrogens (tertiary/aromatic N) is 2. The fourth-order valence-electron chi connectivity index (χ4n) is 1.34. The molecule has 0 radical (unpaired) electrons. The molecule has 4 nitrogen and oxygen atoms in total. The van der Waals surface area contributed by atoms with Gasteiger partial charge in [-0.2, -0.15) is 0 Å². The highest BCUT2D eigenvalue weighted by Gasteiger charge is 2.46. The lowest BCUT2D eigenvalue weighted by Crippen LogP contribution is -2.66. The summed E-state index contributed by atoms with van der Waals surface area (Å²) < 4.78 is 0. The van der Waals surface area contributed by atoms with Crippen LogP contribution in [0.15, 0.2) is 9.98 Å². The maximum Gasteiger partial charge on any atom is 0.148 e. The van der Waals surface area contributed by atoms with E-state index in [-0.39, 0.29) is 5.92 Å². The molecule has 13 heavy (non-hydrogen) atoms. The van der Waals surface area contributed by atoms with Crippen molar-refractivity contribution in [1.82, 2.24) is 0 Å². The van der Waals surface area contributed by atoms with Crippen LogP contribution in [0.3, 0.4) is 0 Å². The molecule has 76 valence electrons. The van der Waals surface area contributed by atoms with Gasteiger partial charge in [-0.3, -0.25) is 9.98 Å². The maximum absolute atomic E-state index is 6.05. The molecule has 4 N–H and O–H groups in total. The van der Waals surface area contributed by atoms with E-state index in [9.17, 15) is 0 Å². The number of rotatable bonds is 5. The van der Waals surface area contributed by atoms with E-state index in [1.807, 2.05) is 20.8 Å². The molecule has 0 aromatic rings. The summed E-state index contributed by atoms with van der Waals surface area (Å²) in [7, 11) is 0. The predicted molar refractivity (Wildman–Crippen MR) is 58.1 cm³/mol. The predicted octanol–water partition coefficient (Wildman–Crippen LogP) is 0.764. The molecule has 0 spiro atoms. The second-order valence-corrected chi connectivity index (χ2v) is 3.57. The van der Waals surface area contributed by atoms with Gasteiger partial charge in [-0.25, -0.2) is 0 Å². The van der Waals surface area contributed by atoms with Crippen molar-refractivity contribution in [3.05, 3.63) is 0 Å². The molecule has 0 aromatic carbocycles. The van der Waals surface area contributed by atoms with Crippen LogP contribution in [0.25, 0.3) is 0 Å². The van der Waals surface area contributed by atoms with Gasteiger partial charge in [0.05, 0.1) is 0 Å². The summed E-state index contributed by atoms with van der Waals surface area (Å²) in [6.07, 6.45) is 0.588. The molecule has 0 aromatic heterocycles. The summed E-state index contributed by atoms with van der Waals surface area (Å²) in [5.74, 6) is 0.0699.